The van der Waals surface area contributed by atoms with Crippen molar-refractivity contribution >= 4 is 22.8 Å². The number of aromatic nitrogens is 7. The van der Waals surface area contributed by atoms with Crippen LogP contribution in [0.4, 0.5) is 23.4 Å². The number of nitrogens with zero attached hydrogens (tertiary/aromatic N) is 9. The molecule has 2 fully saturated rings. The van der Waals surface area contributed by atoms with E-state index in [2.05, 4.69) is 48.1 Å². The Bertz CT molecular complexity index is 1790. The number of benzene rings is 1. The number of ether oxygens (including phenoxy) is 2. The first kappa shape index (κ1) is 29.3. The quantitative estimate of drug-likeness (QED) is 0.237. The second-order valence-corrected chi connectivity index (χ2v) is 11.6. The van der Waals surface area contributed by atoms with Crippen LogP contribution in [0.15, 0.2) is 55.2 Å². The summed E-state index contributed by atoms with van der Waals surface area (Å²) in [5, 5.41) is 8.36. The van der Waals surface area contributed by atoms with Gasteiger partial charge in [0.2, 0.25) is 0 Å². The van der Waals surface area contributed by atoms with E-state index < -0.39 is 18.2 Å². The van der Waals surface area contributed by atoms with Gasteiger partial charge >= 0.3 is 6.36 Å². The first-order valence-corrected chi connectivity index (χ1v) is 14.8. The van der Waals surface area contributed by atoms with Crippen molar-refractivity contribution in [2.75, 3.05) is 24.6 Å². The average Bonchev–Trinajstić information content (AvgIpc) is 3.77. The van der Waals surface area contributed by atoms with E-state index in [0.717, 1.165) is 42.4 Å². The molecule has 1 aromatic carbocycles. The van der Waals surface area contributed by atoms with Gasteiger partial charge in [-0.25, -0.2) is 13.8 Å². The maximum atomic E-state index is 13.9. The smallest absolute Gasteiger partial charge is 0.404 e. The summed E-state index contributed by atoms with van der Waals surface area (Å²) in [7, 11) is 0. The molecule has 0 radical (unpaired) electrons. The van der Waals surface area contributed by atoms with Crippen LogP contribution in [-0.2, 0) is 11.3 Å². The Balaban J connectivity index is 1.22. The van der Waals surface area contributed by atoms with Crippen LogP contribution in [0.3, 0.4) is 0 Å². The van der Waals surface area contributed by atoms with Crippen LogP contribution in [0.2, 0.25) is 0 Å². The zero-order valence-corrected chi connectivity index (χ0v) is 24.6. The average molecular weight is 626 g/mol. The Hall–Kier alpha value is -4.37. The van der Waals surface area contributed by atoms with Crippen molar-refractivity contribution < 1.29 is 27.0 Å². The molecule has 2 saturated heterocycles. The first-order valence-electron chi connectivity index (χ1n) is 14.8. The number of hydrogen-bond acceptors (Lipinski definition) is 9. The summed E-state index contributed by atoms with van der Waals surface area (Å²) in [5.41, 5.74) is 2.85. The van der Waals surface area contributed by atoms with Gasteiger partial charge in [0.05, 0.1) is 36.9 Å². The first-order chi connectivity index (χ1) is 21.6. The molecule has 0 aliphatic carbocycles. The highest BCUT2D eigenvalue weighted by molar-refractivity contribution is 5.86. The second kappa shape index (κ2) is 11.5. The van der Waals surface area contributed by atoms with Crippen LogP contribution in [0.25, 0.3) is 16.9 Å². The number of pyridine rings is 1. The Morgan fingerprint density at radius 2 is 1.84 bits per heavy atom. The predicted octanol–water partition coefficient (Wildman–Crippen LogP) is 4.77. The lowest BCUT2D eigenvalue weighted by atomic mass is 9.96. The van der Waals surface area contributed by atoms with E-state index >= 15 is 0 Å². The van der Waals surface area contributed by atoms with Gasteiger partial charge in [0.1, 0.15) is 23.4 Å². The van der Waals surface area contributed by atoms with Crippen molar-refractivity contribution in [3.05, 3.63) is 72.3 Å². The fourth-order valence-electron chi connectivity index (χ4n) is 6.46. The van der Waals surface area contributed by atoms with Crippen LogP contribution in [0.1, 0.15) is 44.0 Å². The molecule has 15 heteroatoms. The lowest BCUT2D eigenvalue weighted by Gasteiger charge is -2.47. The minimum absolute atomic E-state index is 0.0682. The van der Waals surface area contributed by atoms with Gasteiger partial charge in [0.15, 0.2) is 11.5 Å². The van der Waals surface area contributed by atoms with Crippen molar-refractivity contribution in [2.24, 2.45) is 0 Å². The molecule has 4 aromatic heterocycles. The molecule has 6 heterocycles. The summed E-state index contributed by atoms with van der Waals surface area (Å²) in [6.45, 7) is 6.67. The molecular formula is C30H31F4N9O2. The molecule has 0 bridgehead atoms. The Morgan fingerprint density at radius 3 is 2.56 bits per heavy atom. The highest BCUT2D eigenvalue weighted by Gasteiger charge is 2.38. The summed E-state index contributed by atoms with van der Waals surface area (Å²) >= 11 is 0. The van der Waals surface area contributed by atoms with Gasteiger partial charge in [-0.05, 0) is 56.5 Å². The van der Waals surface area contributed by atoms with Crippen molar-refractivity contribution in [1.82, 2.24) is 39.0 Å². The second-order valence-electron chi connectivity index (χ2n) is 11.6. The predicted molar refractivity (Wildman–Crippen MR) is 155 cm³/mol. The third-order valence-electron chi connectivity index (χ3n) is 8.51. The SMILES string of the molecule is C[C@@H]1CN(c2nc3nncn3c3c2ncn3C[C@@H]2CCCO2)[C@@H](C)CN1C(c1ccc(F)cc1)c1ccc(OC(F)(F)F)cn1. The minimum Gasteiger partial charge on any atom is -0.404 e. The number of hydrogen-bond donors (Lipinski definition) is 0. The molecule has 0 spiro atoms. The molecule has 0 amide bonds. The fourth-order valence-corrected chi connectivity index (χ4v) is 6.46. The molecule has 4 atom stereocenters. The molecule has 2 aliphatic heterocycles. The summed E-state index contributed by atoms with van der Waals surface area (Å²) in [5.74, 6) is 0.362. The number of halogens is 4. The molecule has 0 N–H and O–H groups in total. The Kier molecular flexibility index (Phi) is 7.52. The zero-order chi connectivity index (χ0) is 31.3. The molecular weight excluding hydrogens is 594 g/mol. The highest BCUT2D eigenvalue weighted by atomic mass is 19.4. The maximum absolute atomic E-state index is 13.9. The minimum atomic E-state index is -4.82. The lowest BCUT2D eigenvalue weighted by Crippen LogP contribution is -2.57. The van der Waals surface area contributed by atoms with Gasteiger partial charge in [-0.3, -0.25) is 9.88 Å². The zero-order valence-electron chi connectivity index (χ0n) is 24.6. The van der Waals surface area contributed by atoms with Crippen LogP contribution >= 0.6 is 0 Å². The van der Waals surface area contributed by atoms with Crippen LogP contribution < -0.4 is 9.64 Å². The summed E-state index contributed by atoms with van der Waals surface area (Å²) in [6, 6.07) is 8.26. The van der Waals surface area contributed by atoms with Gasteiger partial charge in [-0.2, -0.15) is 4.98 Å². The van der Waals surface area contributed by atoms with E-state index in [4.69, 9.17) is 14.7 Å². The number of anilines is 1. The van der Waals surface area contributed by atoms with E-state index in [1.54, 1.807) is 18.5 Å². The van der Waals surface area contributed by atoms with Gasteiger partial charge in [0.25, 0.3) is 5.78 Å². The molecule has 236 valence electrons. The topological polar surface area (TPSA) is 98.7 Å². The third kappa shape index (κ3) is 5.77. The molecule has 1 unspecified atom stereocenters. The third-order valence-corrected chi connectivity index (χ3v) is 8.51. The molecule has 2 aliphatic rings. The van der Waals surface area contributed by atoms with Gasteiger partial charge in [-0.15, -0.1) is 23.4 Å². The standard InChI is InChI=1S/C30H31F4N9O2/c1-18-14-42(27-25-28(43-17-37-39-29(43)38-27)40(16-36-25)15-23-4-3-11-44-23)19(2)13-41(18)26(20-5-7-21(31)8-6-20)24-10-9-22(12-35-24)45-30(32,33)34/h5-10,12,16-19,23,26H,3-4,11,13-15H2,1-2H3/t18-,19+,23+,26?/m1/s1. The maximum Gasteiger partial charge on any atom is 0.573 e. The number of alkyl halides is 3. The largest absolute Gasteiger partial charge is 0.573 e. The molecule has 11 nitrogen and oxygen atoms in total. The van der Waals surface area contributed by atoms with Crippen LogP contribution in [0.5, 0.6) is 5.75 Å². The summed E-state index contributed by atoms with van der Waals surface area (Å²) in [6.07, 6.45) is 1.81. The van der Waals surface area contributed by atoms with Crippen LogP contribution in [-0.4, -0.2) is 83.3 Å². The van der Waals surface area contributed by atoms with Crippen molar-refractivity contribution in [3.63, 3.8) is 0 Å². The van der Waals surface area contributed by atoms with Crippen molar-refractivity contribution in [2.45, 2.75) is 63.8 Å². The van der Waals surface area contributed by atoms with E-state index in [1.165, 1.54) is 24.3 Å². The van der Waals surface area contributed by atoms with E-state index in [9.17, 15) is 17.6 Å². The monoisotopic (exact) mass is 625 g/mol. The highest BCUT2D eigenvalue weighted by Crippen LogP contribution is 2.36. The normalized spacial score (nSPS) is 22.0. The van der Waals surface area contributed by atoms with Crippen molar-refractivity contribution in [3.8, 4) is 5.75 Å². The summed E-state index contributed by atoms with van der Waals surface area (Å²) < 4.78 is 66.2. The summed E-state index contributed by atoms with van der Waals surface area (Å²) in [4.78, 5) is 18.5. The van der Waals surface area contributed by atoms with Gasteiger partial charge in [-0.1, -0.05) is 12.1 Å². The van der Waals surface area contributed by atoms with Crippen LogP contribution in [0, 0.1) is 5.82 Å². The lowest BCUT2D eigenvalue weighted by molar-refractivity contribution is -0.274. The molecule has 45 heavy (non-hydrogen) atoms. The fraction of sp³-hybridized carbons (Fsp3) is 0.433. The number of rotatable bonds is 7. The number of piperazine rings is 1. The van der Waals surface area contributed by atoms with E-state index in [0.29, 0.717) is 36.9 Å². The molecule has 0 saturated carbocycles. The Labute approximate surface area is 255 Å². The van der Waals surface area contributed by atoms with Gasteiger partial charge in [0, 0.05) is 31.8 Å². The van der Waals surface area contributed by atoms with Crippen molar-refractivity contribution in [1.29, 1.82) is 0 Å². The number of fused-ring (bicyclic) bond motifs is 3. The molecule has 5 aromatic rings. The number of imidazole rings is 1. The van der Waals surface area contributed by atoms with Gasteiger partial charge < -0.3 is 18.9 Å². The molecule has 7 rings (SSSR count). The van der Waals surface area contributed by atoms with E-state index in [-0.39, 0.29) is 24.0 Å². The Morgan fingerprint density at radius 1 is 1.02 bits per heavy atom. The van der Waals surface area contributed by atoms with E-state index in [1.807, 2.05) is 10.7 Å².